The largest absolute Gasteiger partial charge is 0.348 e. The number of fused-ring (bicyclic) bond motifs is 1. The van der Waals surface area contributed by atoms with Gasteiger partial charge in [0.2, 0.25) is 0 Å². The van der Waals surface area contributed by atoms with E-state index in [1.54, 1.807) is 0 Å². The first-order valence-corrected chi connectivity index (χ1v) is 6.68. The molecule has 0 aliphatic carbocycles. The van der Waals surface area contributed by atoms with Crippen molar-refractivity contribution in [1.82, 2.24) is 0 Å². The SMILES string of the molecule is CC1(C)O[C@H]2O[C@H]([C@H]3COC(C)(C)O3)[C@@H](Cl)[C@H]2O1. The van der Waals surface area contributed by atoms with Gasteiger partial charge in [0.25, 0.3) is 0 Å². The standard InChI is InChI=1S/C12H19ClO5/c1-11(2)14-5-6(16-11)8-7(13)9-10(15-8)18-12(3,4)17-9/h6-10H,5H2,1-4H3/t6-,7-,8-,9-,10-/m1/s1. The average Bonchev–Trinajstić information content (AvgIpc) is 2.81. The van der Waals surface area contributed by atoms with Crippen LogP contribution in [0.2, 0.25) is 0 Å². The van der Waals surface area contributed by atoms with Crippen molar-refractivity contribution in [3.05, 3.63) is 0 Å². The van der Waals surface area contributed by atoms with E-state index in [1.165, 1.54) is 0 Å². The van der Waals surface area contributed by atoms with Crippen LogP contribution < -0.4 is 0 Å². The second kappa shape index (κ2) is 4.04. The van der Waals surface area contributed by atoms with Crippen molar-refractivity contribution in [2.24, 2.45) is 0 Å². The minimum absolute atomic E-state index is 0.177. The molecule has 6 heteroatoms. The molecule has 5 atom stereocenters. The summed E-state index contributed by atoms with van der Waals surface area (Å²) in [5, 5.41) is -0.292. The molecule has 3 rings (SSSR count). The van der Waals surface area contributed by atoms with Gasteiger partial charge in [0.1, 0.15) is 18.3 Å². The Morgan fingerprint density at radius 1 is 0.944 bits per heavy atom. The number of halogens is 1. The predicted octanol–water partition coefficient (Wildman–Crippen LogP) is 1.62. The summed E-state index contributed by atoms with van der Waals surface area (Å²) in [5.74, 6) is -1.22. The summed E-state index contributed by atoms with van der Waals surface area (Å²) in [5.41, 5.74) is 0. The highest BCUT2D eigenvalue weighted by Gasteiger charge is 2.57. The summed E-state index contributed by atoms with van der Waals surface area (Å²) in [6, 6.07) is 0. The zero-order valence-corrected chi connectivity index (χ0v) is 11.8. The van der Waals surface area contributed by atoms with Crippen LogP contribution in [0.1, 0.15) is 27.7 Å². The van der Waals surface area contributed by atoms with Crippen LogP contribution >= 0.6 is 11.6 Å². The van der Waals surface area contributed by atoms with Gasteiger partial charge in [-0.25, -0.2) is 0 Å². The smallest absolute Gasteiger partial charge is 0.189 e. The Morgan fingerprint density at radius 2 is 1.67 bits per heavy atom. The molecule has 104 valence electrons. The fourth-order valence-corrected chi connectivity index (χ4v) is 3.06. The monoisotopic (exact) mass is 278 g/mol. The van der Waals surface area contributed by atoms with Gasteiger partial charge < -0.3 is 23.7 Å². The molecule has 0 N–H and O–H groups in total. The number of ether oxygens (including phenoxy) is 5. The zero-order chi connectivity index (χ0) is 13.1. The Balaban J connectivity index is 1.68. The highest BCUT2D eigenvalue weighted by molar-refractivity contribution is 6.21. The van der Waals surface area contributed by atoms with Gasteiger partial charge in [-0.05, 0) is 27.7 Å². The fourth-order valence-electron chi connectivity index (χ4n) is 2.67. The van der Waals surface area contributed by atoms with Crippen molar-refractivity contribution >= 4 is 11.6 Å². The second-order valence-electron chi connectivity index (χ2n) is 5.88. The highest BCUT2D eigenvalue weighted by Crippen LogP contribution is 2.42. The van der Waals surface area contributed by atoms with Crippen LogP contribution in [0.5, 0.6) is 0 Å². The van der Waals surface area contributed by atoms with Crippen molar-refractivity contribution in [3.8, 4) is 0 Å². The molecule has 3 aliphatic rings. The highest BCUT2D eigenvalue weighted by atomic mass is 35.5. The Kier molecular flexibility index (Phi) is 2.94. The zero-order valence-electron chi connectivity index (χ0n) is 11.0. The van der Waals surface area contributed by atoms with Crippen molar-refractivity contribution in [1.29, 1.82) is 0 Å². The fraction of sp³-hybridized carbons (Fsp3) is 1.00. The Hall–Kier alpha value is 0.0900. The first kappa shape index (κ1) is 13.1. The van der Waals surface area contributed by atoms with Crippen LogP contribution in [0, 0.1) is 0 Å². The summed E-state index contributed by atoms with van der Waals surface area (Å²) < 4.78 is 28.5. The van der Waals surface area contributed by atoms with E-state index in [1.807, 2.05) is 27.7 Å². The normalized spacial score (nSPS) is 49.5. The van der Waals surface area contributed by atoms with E-state index in [0.717, 1.165) is 0 Å². The van der Waals surface area contributed by atoms with Gasteiger partial charge in [0, 0.05) is 0 Å². The van der Waals surface area contributed by atoms with E-state index in [2.05, 4.69) is 0 Å². The van der Waals surface area contributed by atoms with Crippen LogP contribution in [0.25, 0.3) is 0 Å². The molecule has 3 heterocycles. The third kappa shape index (κ3) is 2.17. The van der Waals surface area contributed by atoms with Crippen LogP contribution in [0.15, 0.2) is 0 Å². The quantitative estimate of drug-likeness (QED) is 0.682. The molecule has 0 amide bonds. The van der Waals surface area contributed by atoms with Crippen LogP contribution in [-0.2, 0) is 23.7 Å². The molecule has 0 aromatic heterocycles. The molecule has 3 saturated heterocycles. The maximum absolute atomic E-state index is 6.41. The number of hydrogen-bond acceptors (Lipinski definition) is 5. The van der Waals surface area contributed by atoms with Crippen molar-refractivity contribution < 1.29 is 23.7 Å². The molecule has 5 nitrogen and oxygen atoms in total. The predicted molar refractivity (Wildman–Crippen MR) is 63.2 cm³/mol. The van der Waals surface area contributed by atoms with Gasteiger partial charge in [0.05, 0.1) is 12.0 Å². The minimum Gasteiger partial charge on any atom is -0.348 e. The van der Waals surface area contributed by atoms with E-state index in [4.69, 9.17) is 35.3 Å². The van der Waals surface area contributed by atoms with Crippen LogP contribution in [0.4, 0.5) is 0 Å². The second-order valence-corrected chi connectivity index (χ2v) is 6.38. The van der Waals surface area contributed by atoms with Crippen molar-refractivity contribution in [2.75, 3.05) is 6.61 Å². The van der Waals surface area contributed by atoms with Gasteiger partial charge in [-0.15, -0.1) is 11.6 Å². The molecule has 0 unspecified atom stereocenters. The maximum atomic E-state index is 6.41. The number of rotatable bonds is 1. The molecule has 0 radical (unpaired) electrons. The summed E-state index contributed by atoms with van der Waals surface area (Å²) in [4.78, 5) is 0. The van der Waals surface area contributed by atoms with Gasteiger partial charge in [-0.3, -0.25) is 0 Å². The average molecular weight is 279 g/mol. The van der Waals surface area contributed by atoms with E-state index >= 15 is 0 Å². The number of alkyl halides is 1. The number of hydrogen-bond donors (Lipinski definition) is 0. The maximum Gasteiger partial charge on any atom is 0.189 e. The molecular formula is C12H19ClO5. The molecule has 3 fully saturated rings. The van der Waals surface area contributed by atoms with Gasteiger partial charge in [-0.1, -0.05) is 0 Å². The lowest BCUT2D eigenvalue weighted by Gasteiger charge is -2.26. The summed E-state index contributed by atoms with van der Waals surface area (Å²) in [7, 11) is 0. The van der Waals surface area contributed by atoms with Gasteiger partial charge >= 0.3 is 0 Å². The summed E-state index contributed by atoms with van der Waals surface area (Å²) in [6.45, 7) is 7.94. The molecule has 0 aromatic carbocycles. The molecule has 3 aliphatic heterocycles. The van der Waals surface area contributed by atoms with Crippen LogP contribution in [0.3, 0.4) is 0 Å². The lowest BCUT2D eigenvalue weighted by atomic mass is 10.1. The molecular weight excluding hydrogens is 260 g/mol. The van der Waals surface area contributed by atoms with Crippen molar-refractivity contribution in [3.63, 3.8) is 0 Å². The van der Waals surface area contributed by atoms with Crippen LogP contribution in [-0.4, -0.2) is 48.2 Å². The van der Waals surface area contributed by atoms with Gasteiger partial charge in [0.15, 0.2) is 17.9 Å². The summed E-state index contributed by atoms with van der Waals surface area (Å²) >= 11 is 6.41. The lowest BCUT2D eigenvalue weighted by molar-refractivity contribution is -0.220. The molecule has 18 heavy (non-hydrogen) atoms. The molecule has 0 bridgehead atoms. The third-order valence-electron chi connectivity index (χ3n) is 3.40. The Morgan fingerprint density at radius 3 is 2.22 bits per heavy atom. The van der Waals surface area contributed by atoms with Crippen molar-refractivity contribution in [2.45, 2.75) is 69.2 Å². The minimum atomic E-state index is -0.639. The van der Waals surface area contributed by atoms with E-state index in [9.17, 15) is 0 Å². The molecule has 0 aromatic rings. The van der Waals surface area contributed by atoms with E-state index in [0.29, 0.717) is 6.61 Å². The third-order valence-corrected chi connectivity index (χ3v) is 3.90. The van der Waals surface area contributed by atoms with E-state index in [-0.39, 0.29) is 23.7 Å². The Labute approximate surface area is 112 Å². The molecule has 0 saturated carbocycles. The lowest BCUT2D eigenvalue weighted by Crippen LogP contribution is -2.39. The van der Waals surface area contributed by atoms with Gasteiger partial charge in [-0.2, -0.15) is 0 Å². The topological polar surface area (TPSA) is 46.2 Å². The Bertz CT molecular complexity index is 345. The first-order chi connectivity index (χ1) is 8.27. The first-order valence-electron chi connectivity index (χ1n) is 6.24. The van der Waals surface area contributed by atoms with E-state index < -0.39 is 17.9 Å². The molecule has 0 spiro atoms. The summed E-state index contributed by atoms with van der Waals surface area (Å²) in [6.07, 6.45) is -1.11.